The molecule has 0 radical (unpaired) electrons. The summed E-state index contributed by atoms with van der Waals surface area (Å²) in [6.07, 6.45) is -2.90. The molecule has 0 bridgehead atoms. The number of hydrogen-bond donors (Lipinski definition) is 0. The SMILES string of the molecule is CC1CCN(c2ccc(C(=O)N(Cc3ccc(C#N)cc3)CC(F)(F)F)cc2[N+](=O)[O-])CC1. The van der Waals surface area contributed by atoms with Gasteiger partial charge in [-0.25, -0.2) is 0 Å². The van der Waals surface area contributed by atoms with Gasteiger partial charge in [0.25, 0.3) is 11.6 Å². The van der Waals surface area contributed by atoms with Gasteiger partial charge in [-0.3, -0.25) is 14.9 Å². The number of halogens is 3. The van der Waals surface area contributed by atoms with Crippen molar-refractivity contribution in [2.75, 3.05) is 24.5 Å². The summed E-state index contributed by atoms with van der Waals surface area (Å²) in [5.74, 6) is -0.446. The molecule has 0 atom stereocenters. The van der Waals surface area contributed by atoms with Gasteiger partial charge in [0.15, 0.2) is 0 Å². The summed E-state index contributed by atoms with van der Waals surface area (Å²) in [5.41, 5.74) is 0.610. The molecule has 0 spiro atoms. The molecule has 0 saturated carbocycles. The lowest BCUT2D eigenvalue weighted by atomic mass is 9.98. The van der Waals surface area contributed by atoms with Crippen LogP contribution in [0.25, 0.3) is 0 Å². The van der Waals surface area contributed by atoms with Crippen molar-refractivity contribution < 1.29 is 22.9 Å². The Bertz CT molecular complexity index is 1060. The van der Waals surface area contributed by atoms with Crippen molar-refractivity contribution >= 4 is 17.3 Å². The zero-order chi connectivity index (χ0) is 24.2. The molecule has 0 unspecified atom stereocenters. The van der Waals surface area contributed by atoms with Crippen LogP contribution in [0.3, 0.4) is 0 Å². The van der Waals surface area contributed by atoms with Gasteiger partial charge in [0.1, 0.15) is 12.2 Å². The van der Waals surface area contributed by atoms with Crippen molar-refractivity contribution in [2.24, 2.45) is 5.92 Å². The Kier molecular flexibility index (Phi) is 7.21. The molecular formula is C23H23F3N4O3. The Hall–Kier alpha value is -3.61. The number of nitro benzene ring substituents is 1. The molecule has 0 aliphatic carbocycles. The summed E-state index contributed by atoms with van der Waals surface area (Å²) in [7, 11) is 0. The van der Waals surface area contributed by atoms with Crippen molar-refractivity contribution in [1.82, 2.24) is 4.90 Å². The van der Waals surface area contributed by atoms with E-state index in [0.29, 0.717) is 40.7 Å². The van der Waals surface area contributed by atoms with E-state index in [1.807, 2.05) is 11.0 Å². The van der Waals surface area contributed by atoms with Crippen LogP contribution in [0.2, 0.25) is 0 Å². The van der Waals surface area contributed by atoms with Gasteiger partial charge in [0.05, 0.1) is 16.6 Å². The molecule has 174 valence electrons. The predicted octanol–water partition coefficient (Wildman–Crippen LogP) is 4.91. The van der Waals surface area contributed by atoms with Crippen LogP contribution in [0.1, 0.15) is 41.3 Å². The highest BCUT2D eigenvalue weighted by molar-refractivity contribution is 5.96. The van der Waals surface area contributed by atoms with Gasteiger partial charge in [-0.15, -0.1) is 0 Å². The first-order chi connectivity index (χ1) is 15.6. The Morgan fingerprint density at radius 2 is 1.85 bits per heavy atom. The van der Waals surface area contributed by atoms with Gasteiger partial charge in [-0.05, 0) is 48.6 Å². The summed E-state index contributed by atoms with van der Waals surface area (Å²) in [6, 6.07) is 11.6. The van der Waals surface area contributed by atoms with Gasteiger partial charge in [-0.2, -0.15) is 18.4 Å². The van der Waals surface area contributed by atoms with Gasteiger partial charge in [0, 0.05) is 31.3 Å². The zero-order valence-electron chi connectivity index (χ0n) is 18.0. The van der Waals surface area contributed by atoms with E-state index in [0.717, 1.165) is 18.9 Å². The molecule has 1 amide bonds. The van der Waals surface area contributed by atoms with Crippen molar-refractivity contribution in [2.45, 2.75) is 32.5 Å². The van der Waals surface area contributed by atoms with Crippen LogP contribution >= 0.6 is 0 Å². The van der Waals surface area contributed by atoms with E-state index in [9.17, 15) is 28.1 Å². The largest absolute Gasteiger partial charge is 0.406 e. The standard InChI is InChI=1S/C23H23F3N4O3/c1-16-8-10-28(11-9-16)20-7-6-19(12-21(20)30(32)33)22(31)29(15-23(24,25)26)14-18-4-2-17(13-27)3-5-18/h2-7,12,16H,8-11,14-15H2,1H3. The predicted molar refractivity (Wildman–Crippen MR) is 116 cm³/mol. The number of hydrogen-bond acceptors (Lipinski definition) is 5. The summed E-state index contributed by atoms with van der Waals surface area (Å²) in [6.45, 7) is 1.51. The molecule has 1 saturated heterocycles. The third-order valence-electron chi connectivity index (χ3n) is 5.66. The number of alkyl halides is 3. The van der Waals surface area contributed by atoms with Crippen molar-refractivity contribution in [1.29, 1.82) is 5.26 Å². The highest BCUT2D eigenvalue weighted by atomic mass is 19.4. The maximum absolute atomic E-state index is 13.2. The number of piperidine rings is 1. The van der Waals surface area contributed by atoms with Crippen LogP contribution in [-0.4, -0.2) is 41.5 Å². The summed E-state index contributed by atoms with van der Waals surface area (Å²) < 4.78 is 39.6. The van der Waals surface area contributed by atoms with Crippen LogP contribution in [0.4, 0.5) is 24.5 Å². The maximum atomic E-state index is 13.2. The molecular weight excluding hydrogens is 437 g/mol. The fourth-order valence-corrected chi connectivity index (χ4v) is 3.82. The van der Waals surface area contributed by atoms with E-state index in [-0.39, 0.29) is 17.8 Å². The lowest BCUT2D eigenvalue weighted by molar-refractivity contribution is -0.384. The van der Waals surface area contributed by atoms with Crippen LogP contribution in [0.15, 0.2) is 42.5 Å². The van der Waals surface area contributed by atoms with Gasteiger partial charge >= 0.3 is 6.18 Å². The number of rotatable bonds is 6. The monoisotopic (exact) mass is 460 g/mol. The van der Waals surface area contributed by atoms with E-state index in [2.05, 4.69) is 6.92 Å². The normalized spacial score (nSPS) is 14.6. The van der Waals surface area contributed by atoms with E-state index >= 15 is 0 Å². The van der Waals surface area contributed by atoms with Crippen molar-refractivity contribution in [3.05, 3.63) is 69.3 Å². The van der Waals surface area contributed by atoms with Crippen LogP contribution in [0.5, 0.6) is 0 Å². The summed E-state index contributed by atoms with van der Waals surface area (Å²) >= 11 is 0. The number of carbonyl (C=O) groups is 1. The van der Waals surface area contributed by atoms with E-state index in [4.69, 9.17) is 5.26 Å². The fraction of sp³-hybridized carbons (Fsp3) is 0.391. The molecule has 1 aliphatic rings. The van der Waals surface area contributed by atoms with Crippen LogP contribution in [0, 0.1) is 27.4 Å². The molecule has 10 heteroatoms. The minimum Gasteiger partial charge on any atom is -0.366 e. The Morgan fingerprint density at radius 3 is 2.39 bits per heavy atom. The van der Waals surface area contributed by atoms with Crippen LogP contribution < -0.4 is 4.90 Å². The van der Waals surface area contributed by atoms with Gasteiger partial charge in [-0.1, -0.05) is 19.1 Å². The first kappa shape index (κ1) is 24.0. The molecule has 3 rings (SSSR count). The minimum atomic E-state index is -4.65. The molecule has 33 heavy (non-hydrogen) atoms. The third-order valence-corrected chi connectivity index (χ3v) is 5.66. The third kappa shape index (κ3) is 6.22. The minimum absolute atomic E-state index is 0.186. The Morgan fingerprint density at radius 1 is 1.21 bits per heavy atom. The number of nitrogens with zero attached hydrogens (tertiary/aromatic N) is 4. The number of nitro groups is 1. The fourth-order valence-electron chi connectivity index (χ4n) is 3.82. The topological polar surface area (TPSA) is 90.5 Å². The number of benzene rings is 2. The second-order valence-electron chi connectivity index (χ2n) is 8.22. The molecule has 1 heterocycles. The van der Waals surface area contributed by atoms with Gasteiger partial charge < -0.3 is 9.80 Å². The first-order valence-corrected chi connectivity index (χ1v) is 10.5. The second-order valence-corrected chi connectivity index (χ2v) is 8.22. The summed E-state index contributed by atoms with van der Waals surface area (Å²) in [5, 5.41) is 20.6. The highest BCUT2D eigenvalue weighted by Crippen LogP contribution is 2.33. The Balaban J connectivity index is 1.90. The number of amides is 1. The highest BCUT2D eigenvalue weighted by Gasteiger charge is 2.34. The first-order valence-electron chi connectivity index (χ1n) is 10.5. The second kappa shape index (κ2) is 9.90. The smallest absolute Gasteiger partial charge is 0.366 e. The molecule has 2 aromatic carbocycles. The molecule has 0 aromatic heterocycles. The number of carbonyl (C=O) groups excluding carboxylic acids is 1. The lowest BCUT2D eigenvalue weighted by Gasteiger charge is -2.32. The maximum Gasteiger partial charge on any atom is 0.406 e. The van der Waals surface area contributed by atoms with E-state index in [1.54, 1.807) is 0 Å². The quantitative estimate of drug-likeness (QED) is 0.451. The Labute approximate surface area is 189 Å². The van der Waals surface area contributed by atoms with E-state index in [1.165, 1.54) is 36.4 Å². The van der Waals surface area contributed by atoms with E-state index < -0.39 is 23.6 Å². The number of nitriles is 1. The molecule has 0 N–H and O–H groups in total. The molecule has 1 fully saturated rings. The molecule has 1 aliphatic heterocycles. The van der Waals surface area contributed by atoms with Crippen molar-refractivity contribution in [3.8, 4) is 6.07 Å². The number of anilines is 1. The average Bonchev–Trinajstić information content (AvgIpc) is 2.78. The van der Waals surface area contributed by atoms with Crippen LogP contribution in [-0.2, 0) is 6.54 Å². The molecule has 7 nitrogen and oxygen atoms in total. The van der Waals surface area contributed by atoms with Crippen molar-refractivity contribution in [3.63, 3.8) is 0 Å². The lowest BCUT2D eigenvalue weighted by Crippen LogP contribution is -2.38. The molecule has 2 aromatic rings. The zero-order valence-corrected chi connectivity index (χ0v) is 18.0. The van der Waals surface area contributed by atoms with Gasteiger partial charge in [0.2, 0.25) is 0 Å². The summed E-state index contributed by atoms with van der Waals surface area (Å²) in [4.78, 5) is 26.6. The average molecular weight is 460 g/mol.